The molecule has 1 aromatic heterocycles. The number of aromatic amines is 1. The highest BCUT2D eigenvalue weighted by atomic mass is 32.2. The Bertz CT molecular complexity index is 1030. The molecule has 2 N–H and O–H groups in total. The van der Waals surface area contributed by atoms with Crippen LogP contribution in [0.2, 0.25) is 0 Å². The van der Waals surface area contributed by atoms with Crippen molar-refractivity contribution >= 4 is 46.0 Å². The number of ether oxygens (including phenoxy) is 1. The summed E-state index contributed by atoms with van der Waals surface area (Å²) in [7, 11) is 1.59. The van der Waals surface area contributed by atoms with Crippen LogP contribution in [0, 0.1) is 0 Å². The van der Waals surface area contributed by atoms with Crippen LogP contribution in [-0.4, -0.2) is 41.4 Å². The number of H-pyrrole nitrogens is 1. The molecule has 4 rings (SSSR count). The molecule has 0 fully saturated rings. The summed E-state index contributed by atoms with van der Waals surface area (Å²) in [6, 6.07) is 13.3. The molecule has 0 aliphatic carbocycles. The van der Waals surface area contributed by atoms with Crippen molar-refractivity contribution in [1.82, 2.24) is 10.2 Å². The number of anilines is 2. The Morgan fingerprint density at radius 2 is 2.11 bits per heavy atom. The fourth-order valence-corrected chi connectivity index (χ4v) is 4.19. The molecule has 3 aromatic rings. The third-order valence-electron chi connectivity index (χ3n) is 4.62. The fraction of sp³-hybridized carbons (Fsp3) is 0.250. The molecule has 0 saturated carbocycles. The molecule has 0 atom stereocenters. The van der Waals surface area contributed by atoms with E-state index >= 15 is 0 Å². The summed E-state index contributed by atoms with van der Waals surface area (Å²) in [5.74, 6) is 1.74. The maximum atomic E-state index is 12.7. The van der Waals surface area contributed by atoms with Gasteiger partial charge in [0.2, 0.25) is 11.8 Å². The van der Waals surface area contributed by atoms with Crippen LogP contribution in [0.1, 0.15) is 12.8 Å². The molecule has 2 aromatic carbocycles. The lowest BCUT2D eigenvalue weighted by molar-refractivity contribution is -0.122. The standard InChI is InChI=1S/C20H20N4O3S/c1-27-13-6-7-14-15(12-13)22-23-20(14)21-18(25)8-9-19(26)24-10-11-28-17-5-3-2-4-16(17)24/h2-7,12H,8-11H2,1H3,(H2,21,22,23,25). The number of nitrogens with one attached hydrogen (secondary N) is 2. The van der Waals surface area contributed by atoms with Gasteiger partial charge < -0.3 is 15.0 Å². The molecule has 28 heavy (non-hydrogen) atoms. The van der Waals surface area contributed by atoms with Crippen molar-refractivity contribution in [2.45, 2.75) is 17.7 Å². The minimum atomic E-state index is -0.239. The summed E-state index contributed by atoms with van der Waals surface area (Å²) in [6.45, 7) is 0.661. The van der Waals surface area contributed by atoms with Crippen LogP contribution in [0.3, 0.4) is 0 Å². The second-order valence-electron chi connectivity index (χ2n) is 6.39. The predicted molar refractivity (Wildman–Crippen MR) is 110 cm³/mol. The molecule has 144 valence electrons. The van der Waals surface area contributed by atoms with E-state index in [1.807, 2.05) is 42.5 Å². The third-order valence-corrected chi connectivity index (χ3v) is 5.67. The molecule has 0 radical (unpaired) electrons. The highest BCUT2D eigenvalue weighted by Gasteiger charge is 2.23. The van der Waals surface area contributed by atoms with Crippen LogP contribution in [0.25, 0.3) is 10.9 Å². The quantitative estimate of drug-likeness (QED) is 0.690. The van der Waals surface area contributed by atoms with E-state index in [2.05, 4.69) is 15.5 Å². The van der Waals surface area contributed by atoms with Gasteiger partial charge in [0.05, 0.1) is 18.3 Å². The summed E-state index contributed by atoms with van der Waals surface area (Å²) in [5.41, 5.74) is 1.70. The van der Waals surface area contributed by atoms with Gasteiger partial charge in [0.1, 0.15) is 5.75 Å². The molecule has 2 heterocycles. The van der Waals surface area contributed by atoms with E-state index in [9.17, 15) is 9.59 Å². The Kier molecular flexibility index (Phi) is 5.21. The molecular weight excluding hydrogens is 376 g/mol. The average molecular weight is 396 g/mol. The first-order valence-electron chi connectivity index (χ1n) is 9.00. The lowest BCUT2D eigenvalue weighted by Crippen LogP contribution is -2.35. The number of benzene rings is 2. The minimum absolute atomic E-state index is 0.0421. The van der Waals surface area contributed by atoms with Crippen LogP contribution in [0.15, 0.2) is 47.4 Å². The third kappa shape index (κ3) is 3.68. The van der Waals surface area contributed by atoms with Gasteiger partial charge >= 0.3 is 0 Å². The number of hydrogen-bond donors (Lipinski definition) is 2. The van der Waals surface area contributed by atoms with Gasteiger partial charge in [0.25, 0.3) is 0 Å². The first kappa shape index (κ1) is 18.4. The van der Waals surface area contributed by atoms with Crippen LogP contribution in [0.4, 0.5) is 11.5 Å². The number of rotatable bonds is 5. The number of hydrogen-bond acceptors (Lipinski definition) is 5. The van der Waals surface area contributed by atoms with Gasteiger partial charge in [-0.25, -0.2) is 0 Å². The zero-order valence-corrected chi connectivity index (χ0v) is 16.2. The van der Waals surface area contributed by atoms with Crippen molar-refractivity contribution in [3.8, 4) is 5.75 Å². The summed E-state index contributed by atoms with van der Waals surface area (Å²) in [4.78, 5) is 27.9. The van der Waals surface area contributed by atoms with E-state index in [0.29, 0.717) is 18.1 Å². The molecular formula is C20H20N4O3S. The Balaban J connectivity index is 1.38. The summed E-state index contributed by atoms with van der Waals surface area (Å²) >= 11 is 1.75. The number of methoxy groups -OCH3 is 1. The Hall–Kier alpha value is -3.00. The van der Waals surface area contributed by atoms with Gasteiger partial charge in [-0.1, -0.05) is 12.1 Å². The number of fused-ring (bicyclic) bond motifs is 2. The number of carbonyl (C=O) groups is 2. The Labute approximate surface area is 166 Å². The molecule has 0 spiro atoms. The summed E-state index contributed by atoms with van der Waals surface area (Å²) < 4.78 is 5.18. The fourth-order valence-electron chi connectivity index (χ4n) is 3.20. The van der Waals surface area contributed by atoms with Crippen LogP contribution in [-0.2, 0) is 9.59 Å². The number of para-hydroxylation sites is 1. The summed E-state index contributed by atoms with van der Waals surface area (Å²) in [6.07, 6.45) is 0.260. The number of nitrogens with zero attached hydrogens (tertiary/aromatic N) is 2. The second kappa shape index (κ2) is 7.93. The first-order valence-corrected chi connectivity index (χ1v) is 9.98. The molecule has 2 amide bonds. The largest absolute Gasteiger partial charge is 0.497 e. The van der Waals surface area contributed by atoms with Crippen molar-refractivity contribution in [3.05, 3.63) is 42.5 Å². The summed E-state index contributed by atoms with van der Waals surface area (Å²) in [5, 5.41) is 10.6. The van der Waals surface area contributed by atoms with Crippen molar-refractivity contribution in [1.29, 1.82) is 0 Å². The van der Waals surface area contributed by atoms with Crippen molar-refractivity contribution in [2.75, 3.05) is 29.6 Å². The highest BCUT2D eigenvalue weighted by Crippen LogP contribution is 2.34. The van der Waals surface area contributed by atoms with Gasteiger partial charge in [-0.3, -0.25) is 14.7 Å². The number of amides is 2. The molecule has 0 unspecified atom stereocenters. The Morgan fingerprint density at radius 3 is 2.96 bits per heavy atom. The number of aromatic nitrogens is 2. The minimum Gasteiger partial charge on any atom is -0.497 e. The van der Waals surface area contributed by atoms with Crippen molar-refractivity contribution in [2.24, 2.45) is 0 Å². The predicted octanol–water partition coefficient (Wildman–Crippen LogP) is 3.43. The Morgan fingerprint density at radius 1 is 1.25 bits per heavy atom. The van der Waals surface area contributed by atoms with Crippen LogP contribution >= 0.6 is 11.8 Å². The normalized spacial score (nSPS) is 13.2. The molecule has 7 nitrogen and oxygen atoms in total. The zero-order valence-electron chi connectivity index (χ0n) is 15.4. The van der Waals surface area contributed by atoms with Gasteiger partial charge in [0.15, 0.2) is 5.82 Å². The zero-order chi connectivity index (χ0) is 19.5. The van der Waals surface area contributed by atoms with Crippen molar-refractivity contribution < 1.29 is 14.3 Å². The smallest absolute Gasteiger partial charge is 0.227 e. The SMILES string of the molecule is COc1ccc2c(NC(=O)CCC(=O)N3CCSc4ccccc43)n[nH]c2c1. The van der Waals surface area contributed by atoms with E-state index in [0.717, 1.165) is 27.2 Å². The molecule has 1 aliphatic heterocycles. The maximum absolute atomic E-state index is 12.7. The first-order chi connectivity index (χ1) is 13.7. The van der Waals surface area contributed by atoms with Gasteiger partial charge in [-0.2, -0.15) is 5.10 Å². The van der Waals surface area contributed by atoms with Crippen LogP contribution in [0.5, 0.6) is 5.75 Å². The lowest BCUT2D eigenvalue weighted by atomic mass is 10.2. The van der Waals surface area contributed by atoms with Gasteiger partial charge in [-0.15, -0.1) is 11.8 Å². The monoisotopic (exact) mass is 396 g/mol. The highest BCUT2D eigenvalue weighted by molar-refractivity contribution is 7.99. The lowest BCUT2D eigenvalue weighted by Gasteiger charge is -2.29. The number of thioether (sulfide) groups is 1. The van der Waals surface area contributed by atoms with Crippen molar-refractivity contribution in [3.63, 3.8) is 0 Å². The molecule has 0 saturated heterocycles. The second-order valence-corrected chi connectivity index (χ2v) is 7.53. The van der Waals surface area contributed by atoms with E-state index in [1.54, 1.807) is 23.8 Å². The molecule has 1 aliphatic rings. The van der Waals surface area contributed by atoms with Gasteiger partial charge in [-0.05, 0) is 24.3 Å². The van der Waals surface area contributed by atoms with E-state index in [-0.39, 0.29) is 24.7 Å². The maximum Gasteiger partial charge on any atom is 0.227 e. The average Bonchev–Trinajstić information content (AvgIpc) is 3.13. The number of carbonyl (C=O) groups excluding carboxylic acids is 2. The molecule has 8 heteroatoms. The molecule has 0 bridgehead atoms. The van der Waals surface area contributed by atoms with E-state index in [4.69, 9.17) is 4.74 Å². The van der Waals surface area contributed by atoms with Crippen LogP contribution < -0.4 is 15.0 Å². The van der Waals surface area contributed by atoms with E-state index in [1.165, 1.54) is 0 Å². The topological polar surface area (TPSA) is 87.3 Å². The van der Waals surface area contributed by atoms with Gasteiger partial charge in [0, 0.05) is 41.5 Å². The van der Waals surface area contributed by atoms with E-state index < -0.39 is 0 Å².